The standard InChI is InChI=1S/C16H21N5.ClH/c1-21-9-6-12(7-10-21)13-3-2-4-14(11-13)19-16-18-8-5-15(17)20-16;/h2-5,8,11-12H,6-7,9-10H2,1H3,(H3,17,18,19,20);1H. The fraction of sp³-hybridized carbons (Fsp3) is 0.375. The number of aromatic nitrogens is 2. The molecule has 0 amide bonds. The molecule has 2 heterocycles. The van der Waals surface area contributed by atoms with Crippen LogP contribution in [-0.2, 0) is 0 Å². The quantitative estimate of drug-likeness (QED) is 0.910. The second-order valence-electron chi connectivity index (χ2n) is 5.63. The summed E-state index contributed by atoms with van der Waals surface area (Å²) in [4.78, 5) is 10.7. The molecule has 1 aliphatic heterocycles. The molecule has 0 atom stereocenters. The van der Waals surface area contributed by atoms with E-state index in [2.05, 4.69) is 45.4 Å². The van der Waals surface area contributed by atoms with Crippen molar-refractivity contribution in [3.63, 3.8) is 0 Å². The third-order valence-corrected chi connectivity index (χ3v) is 4.01. The number of nitrogens with zero attached hydrogens (tertiary/aromatic N) is 3. The number of rotatable bonds is 3. The van der Waals surface area contributed by atoms with Gasteiger partial charge in [-0.2, -0.15) is 4.98 Å². The van der Waals surface area contributed by atoms with Gasteiger partial charge in [0.2, 0.25) is 5.95 Å². The van der Waals surface area contributed by atoms with E-state index >= 15 is 0 Å². The molecule has 0 bridgehead atoms. The van der Waals surface area contributed by atoms with E-state index in [-0.39, 0.29) is 12.4 Å². The number of halogens is 1. The first-order valence-corrected chi connectivity index (χ1v) is 7.35. The lowest BCUT2D eigenvalue weighted by Crippen LogP contribution is -2.29. The Hall–Kier alpha value is -1.85. The molecule has 6 heteroatoms. The van der Waals surface area contributed by atoms with Crippen molar-refractivity contribution in [3.05, 3.63) is 42.1 Å². The highest BCUT2D eigenvalue weighted by Gasteiger charge is 2.18. The van der Waals surface area contributed by atoms with E-state index in [4.69, 9.17) is 5.73 Å². The summed E-state index contributed by atoms with van der Waals surface area (Å²) in [6, 6.07) is 10.2. The predicted molar refractivity (Wildman–Crippen MR) is 92.9 cm³/mol. The van der Waals surface area contributed by atoms with Crippen LogP contribution in [0.3, 0.4) is 0 Å². The zero-order valence-corrected chi connectivity index (χ0v) is 13.5. The summed E-state index contributed by atoms with van der Waals surface area (Å²) in [7, 11) is 2.19. The van der Waals surface area contributed by atoms with Crippen molar-refractivity contribution in [2.24, 2.45) is 0 Å². The number of anilines is 3. The molecule has 1 aromatic carbocycles. The molecular formula is C16H22ClN5. The molecule has 118 valence electrons. The first-order valence-electron chi connectivity index (χ1n) is 7.35. The van der Waals surface area contributed by atoms with Gasteiger partial charge in [-0.25, -0.2) is 4.98 Å². The Bertz CT molecular complexity index is 611. The molecule has 5 nitrogen and oxygen atoms in total. The molecule has 1 aliphatic rings. The summed E-state index contributed by atoms with van der Waals surface area (Å²) < 4.78 is 0. The molecule has 0 unspecified atom stereocenters. The molecular weight excluding hydrogens is 298 g/mol. The largest absolute Gasteiger partial charge is 0.384 e. The van der Waals surface area contributed by atoms with Crippen LogP contribution in [0.2, 0.25) is 0 Å². The Labute approximate surface area is 137 Å². The van der Waals surface area contributed by atoms with Crippen LogP contribution in [0.1, 0.15) is 24.3 Å². The topological polar surface area (TPSA) is 67.1 Å². The van der Waals surface area contributed by atoms with Gasteiger partial charge in [0.15, 0.2) is 0 Å². The highest BCUT2D eigenvalue weighted by molar-refractivity contribution is 5.85. The first-order chi connectivity index (χ1) is 10.2. The third-order valence-electron chi connectivity index (χ3n) is 4.01. The van der Waals surface area contributed by atoms with E-state index in [9.17, 15) is 0 Å². The number of hydrogen-bond donors (Lipinski definition) is 2. The molecule has 1 saturated heterocycles. The Balaban J connectivity index is 0.00000176. The summed E-state index contributed by atoms with van der Waals surface area (Å²) in [6.07, 6.45) is 4.09. The van der Waals surface area contributed by atoms with Gasteiger partial charge in [-0.15, -0.1) is 12.4 Å². The molecule has 0 spiro atoms. The maximum atomic E-state index is 5.68. The van der Waals surface area contributed by atoms with Gasteiger partial charge in [-0.3, -0.25) is 0 Å². The first kappa shape index (κ1) is 16.5. The number of piperidine rings is 1. The van der Waals surface area contributed by atoms with Gasteiger partial charge in [0.05, 0.1) is 0 Å². The van der Waals surface area contributed by atoms with Crippen LogP contribution >= 0.6 is 12.4 Å². The van der Waals surface area contributed by atoms with E-state index in [1.807, 2.05) is 6.07 Å². The minimum absolute atomic E-state index is 0. The van der Waals surface area contributed by atoms with E-state index < -0.39 is 0 Å². The number of likely N-dealkylation sites (tertiary alicyclic amines) is 1. The normalized spacial score (nSPS) is 16.0. The molecule has 0 saturated carbocycles. The second kappa shape index (κ2) is 7.42. The van der Waals surface area contributed by atoms with Crippen LogP contribution in [0.25, 0.3) is 0 Å². The molecule has 0 radical (unpaired) electrons. The molecule has 22 heavy (non-hydrogen) atoms. The maximum Gasteiger partial charge on any atom is 0.229 e. The number of nitrogens with two attached hydrogens (primary N) is 1. The molecule has 2 aromatic rings. The molecule has 0 aliphatic carbocycles. The van der Waals surface area contributed by atoms with E-state index in [1.54, 1.807) is 12.3 Å². The minimum Gasteiger partial charge on any atom is -0.384 e. The maximum absolute atomic E-state index is 5.68. The fourth-order valence-electron chi connectivity index (χ4n) is 2.77. The van der Waals surface area contributed by atoms with Crippen molar-refractivity contribution in [1.82, 2.24) is 14.9 Å². The third kappa shape index (κ3) is 4.08. The number of nitrogens with one attached hydrogen (secondary N) is 1. The summed E-state index contributed by atoms with van der Waals surface area (Å²) in [5.41, 5.74) is 8.07. The molecule has 3 N–H and O–H groups in total. The lowest BCUT2D eigenvalue weighted by Gasteiger charge is -2.29. The van der Waals surface area contributed by atoms with Crippen LogP contribution < -0.4 is 11.1 Å². The average Bonchev–Trinajstić information content (AvgIpc) is 2.48. The zero-order chi connectivity index (χ0) is 14.7. The van der Waals surface area contributed by atoms with Crippen molar-refractivity contribution < 1.29 is 0 Å². The molecule has 1 fully saturated rings. The smallest absolute Gasteiger partial charge is 0.229 e. The Kier molecular flexibility index (Phi) is 5.57. The number of benzene rings is 1. The lowest BCUT2D eigenvalue weighted by molar-refractivity contribution is 0.255. The predicted octanol–water partition coefficient (Wildman–Crippen LogP) is 3.03. The van der Waals surface area contributed by atoms with E-state index in [0.717, 1.165) is 5.69 Å². The summed E-state index contributed by atoms with van der Waals surface area (Å²) in [5.74, 6) is 1.65. The van der Waals surface area contributed by atoms with Gasteiger partial charge in [0.25, 0.3) is 0 Å². The van der Waals surface area contributed by atoms with Gasteiger partial charge in [-0.1, -0.05) is 12.1 Å². The van der Waals surface area contributed by atoms with E-state index in [1.165, 1.54) is 31.5 Å². The summed E-state index contributed by atoms with van der Waals surface area (Å²) in [6.45, 7) is 2.33. The minimum atomic E-state index is 0. The van der Waals surface area contributed by atoms with Crippen molar-refractivity contribution in [3.8, 4) is 0 Å². The van der Waals surface area contributed by atoms with Crippen molar-refractivity contribution >= 4 is 29.9 Å². The van der Waals surface area contributed by atoms with Gasteiger partial charge in [0.1, 0.15) is 5.82 Å². The van der Waals surface area contributed by atoms with Crippen molar-refractivity contribution in [2.45, 2.75) is 18.8 Å². The number of hydrogen-bond acceptors (Lipinski definition) is 5. The Morgan fingerprint density at radius 3 is 2.73 bits per heavy atom. The van der Waals surface area contributed by atoms with Crippen LogP contribution in [0.5, 0.6) is 0 Å². The van der Waals surface area contributed by atoms with Crippen LogP contribution in [0.4, 0.5) is 17.5 Å². The monoisotopic (exact) mass is 319 g/mol. The van der Waals surface area contributed by atoms with Gasteiger partial charge in [-0.05, 0) is 62.7 Å². The van der Waals surface area contributed by atoms with Crippen molar-refractivity contribution in [2.75, 3.05) is 31.2 Å². The number of nitrogen functional groups attached to an aromatic ring is 1. The van der Waals surface area contributed by atoms with E-state index in [0.29, 0.717) is 17.7 Å². The fourth-order valence-corrected chi connectivity index (χ4v) is 2.77. The van der Waals surface area contributed by atoms with Crippen molar-refractivity contribution in [1.29, 1.82) is 0 Å². The second-order valence-corrected chi connectivity index (χ2v) is 5.63. The van der Waals surface area contributed by atoms with Crippen LogP contribution in [0, 0.1) is 0 Å². The van der Waals surface area contributed by atoms with Crippen LogP contribution in [-0.4, -0.2) is 35.0 Å². The zero-order valence-electron chi connectivity index (χ0n) is 12.7. The summed E-state index contributed by atoms with van der Waals surface area (Å²) >= 11 is 0. The Morgan fingerprint density at radius 2 is 2.00 bits per heavy atom. The molecule has 3 rings (SSSR count). The van der Waals surface area contributed by atoms with Gasteiger partial charge >= 0.3 is 0 Å². The Morgan fingerprint density at radius 1 is 1.23 bits per heavy atom. The van der Waals surface area contributed by atoms with Gasteiger partial charge < -0.3 is 16.0 Å². The van der Waals surface area contributed by atoms with Gasteiger partial charge in [0, 0.05) is 11.9 Å². The SMILES string of the molecule is CN1CCC(c2cccc(Nc3nccc(N)n3)c2)CC1.Cl. The average molecular weight is 320 g/mol. The summed E-state index contributed by atoms with van der Waals surface area (Å²) in [5, 5.41) is 3.22. The lowest BCUT2D eigenvalue weighted by atomic mass is 9.89. The highest BCUT2D eigenvalue weighted by Crippen LogP contribution is 2.29. The van der Waals surface area contributed by atoms with Crippen LogP contribution in [0.15, 0.2) is 36.5 Å². The molecule has 1 aromatic heterocycles. The highest BCUT2D eigenvalue weighted by atomic mass is 35.5.